The van der Waals surface area contributed by atoms with Crippen LogP contribution >= 0.6 is 0 Å². The quantitative estimate of drug-likeness (QED) is 0.127. The Labute approximate surface area is 313 Å². The molecule has 0 atom stereocenters. The highest BCUT2D eigenvalue weighted by Gasteiger charge is 2.20. The zero-order valence-electron chi connectivity index (χ0n) is 34.8. The lowest BCUT2D eigenvalue weighted by Crippen LogP contribution is -2.43. The summed E-state index contributed by atoms with van der Waals surface area (Å²) in [6, 6.07) is 16.7. The molecular formula is C43H75N5O3. The average Bonchev–Trinajstić information content (AvgIpc) is 3.19. The van der Waals surface area contributed by atoms with E-state index >= 15 is 0 Å². The molecule has 290 valence electrons. The first kappa shape index (κ1) is 51.6. The highest BCUT2D eigenvalue weighted by Crippen LogP contribution is 2.20. The van der Waals surface area contributed by atoms with Crippen molar-refractivity contribution < 1.29 is 14.4 Å². The molecule has 0 bridgehead atoms. The van der Waals surface area contributed by atoms with Gasteiger partial charge >= 0.3 is 0 Å². The molecule has 0 spiro atoms. The van der Waals surface area contributed by atoms with Gasteiger partial charge < -0.3 is 19.5 Å². The van der Waals surface area contributed by atoms with E-state index in [-0.39, 0.29) is 12.0 Å². The van der Waals surface area contributed by atoms with Crippen molar-refractivity contribution in [2.45, 2.75) is 114 Å². The van der Waals surface area contributed by atoms with E-state index in [1.165, 1.54) is 17.2 Å². The summed E-state index contributed by atoms with van der Waals surface area (Å²) >= 11 is 0. The van der Waals surface area contributed by atoms with Crippen molar-refractivity contribution >= 4 is 29.7 Å². The van der Waals surface area contributed by atoms with Crippen molar-refractivity contribution in [3.63, 3.8) is 0 Å². The number of likely N-dealkylation sites (N-methyl/N-ethyl adjacent to an activating group) is 1. The van der Waals surface area contributed by atoms with E-state index in [1.54, 1.807) is 6.21 Å². The molecule has 0 unspecified atom stereocenters. The van der Waals surface area contributed by atoms with Crippen LogP contribution in [0, 0.1) is 0 Å². The molecule has 1 heterocycles. The van der Waals surface area contributed by atoms with Crippen LogP contribution in [-0.4, -0.2) is 87.0 Å². The minimum absolute atomic E-state index is 0.115. The van der Waals surface area contributed by atoms with Gasteiger partial charge in [-0.1, -0.05) is 122 Å². The Morgan fingerprint density at radius 1 is 0.863 bits per heavy atom. The molecule has 4 rings (SSSR count). The molecule has 2 fully saturated rings. The number of fused-ring (bicyclic) bond motifs is 1. The third kappa shape index (κ3) is 22.6. The standard InChI is InChI=1S/C22H39N5O2.C10H8.C4H8.3C2H6.CH2O/c1-17(2)21(27-14-12-26(6)13-15-27)23-16-20(18(3)25(4)5)22(28)24-29-19-10-8-7-9-11-19;1-2-6-10-8-4-3-7-9(10)5-1;1-3-4-2;4*1-2/h16,19H,7-15H2,1-6H3,(H,24,28);1-8H;3H,1,4H2,2H3;3*1-2H3;1H2/b20-18-,23-16-;;;;;;. The topological polar surface area (TPSA) is 77.5 Å². The summed E-state index contributed by atoms with van der Waals surface area (Å²) < 4.78 is 0. The van der Waals surface area contributed by atoms with Crippen molar-refractivity contribution in [1.82, 2.24) is 20.2 Å². The SMILES string of the molecule is C=CCC.C=O.CC.CC.CC.CC(C)=C(/N=C\C(C(=O)NOC1CCCCC1)=C(/C)N(C)C)N1CCN(C)CC1.c1ccc2ccccc2c1. The van der Waals surface area contributed by atoms with Crippen LogP contribution in [0.3, 0.4) is 0 Å². The van der Waals surface area contributed by atoms with Crippen molar-refractivity contribution in [2.24, 2.45) is 4.99 Å². The maximum absolute atomic E-state index is 12.9. The smallest absolute Gasteiger partial charge is 0.278 e. The Bertz CT molecular complexity index is 1170. The highest BCUT2D eigenvalue weighted by molar-refractivity contribution is 6.12. The molecule has 51 heavy (non-hydrogen) atoms. The molecule has 0 radical (unpaired) electrons. The number of carbonyl (C=O) groups excluding carboxylic acids is 2. The minimum atomic E-state index is -0.239. The van der Waals surface area contributed by atoms with E-state index in [1.807, 2.05) is 80.3 Å². The predicted octanol–water partition coefficient (Wildman–Crippen LogP) is 10.1. The van der Waals surface area contributed by atoms with Crippen molar-refractivity contribution in [3.05, 3.63) is 83.9 Å². The highest BCUT2D eigenvalue weighted by atomic mass is 16.7. The van der Waals surface area contributed by atoms with E-state index in [0.29, 0.717) is 5.57 Å². The number of nitrogens with one attached hydrogen (secondary N) is 1. The normalized spacial score (nSPS) is 14.2. The largest absolute Gasteiger partial charge is 0.380 e. The van der Waals surface area contributed by atoms with E-state index in [4.69, 9.17) is 14.6 Å². The van der Waals surface area contributed by atoms with Gasteiger partial charge in [-0.2, -0.15) is 0 Å². The number of hydrogen-bond acceptors (Lipinski definition) is 7. The van der Waals surface area contributed by atoms with Crippen LogP contribution in [-0.2, 0) is 14.4 Å². The van der Waals surface area contributed by atoms with Gasteiger partial charge in [0, 0.05) is 52.2 Å². The number of nitrogens with zero attached hydrogens (tertiary/aromatic N) is 4. The molecule has 1 saturated carbocycles. The first-order valence-electron chi connectivity index (χ1n) is 19.0. The van der Waals surface area contributed by atoms with Crippen molar-refractivity contribution in [3.8, 4) is 0 Å². The molecule has 1 aliphatic carbocycles. The van der Waals surface area contributed by atoms with Crippen LogP contribution in [0.1, 0.15) is 108 Å². The molecular weight excluding hydrogens is 635 g/mol. The zero-order valence-corrected chi connectivity index (χ0v) is 34.8. The molecule has 1 amide bonds. The van der Waals surface area contributed by atoms with Crippen molar-refractivity contribution in [2.75, 3.05) is 47.3 Å². The predicted molar refractivity (Wildman–Crippen MR) is 224 cm³/mol. The van der Waals surface area contributed by atoms with Crippen LogP contribution in [0.2, 0.25) is 0 Å². The average molecular weight is 710 g/mol. The Hall–Kier alpha value is -3.75. The second kappa shape index (κ2) is 34.7. The van der Waals surface area contributed by atoms with Crippen molar-refractivity contribution in [1.29, 1.82) is 0 Å². The van der Waals surface area contributed by atoms with E-state index in [0.717, 1.165) is 75.4 Å². The summed E-state index contributed by atoms with van der Waals surface area (Å²) in [6.07, 6.45) is 10.4. The number of benzene rings is 2. The van der Waals surface area contributed by atoms with Crippen LogP contribution < -0.4 is 5.48 Å². The van der Waals surface area contributed by atoms with Gasteiger partial charge in [0.25, 0.3) is 5.91 Å². The summed E-state index contributed by atoms with van der Waals surface area (Å²) in [4.78, 5) is 37.9. The fraction of sp³-hybridized carbons (Fsp3) is 0.558. The number of hydrogen-bond donors (Lipinski definition) is 1. The first-order valence-corrected chi connectivity index (χ1v) is 19.0. The first-order chi connectivity index (χ1) is 24.7. The Kier molecular flexibility index (Phi) is 35.1. The van der Waals surface area contributed by atoms with Crippen LogP contribution in [0.15, 0.2) is 88.8 Å². The third-order valence-corrected chi connectivity index (χ3v) is 7.69. The zero-order chi connectivity index (χ0) is 39.6. The summed E-state index contributed by atoms with van der Waals surface area (Å²) in [5.41, 5.74) is 5.20. The number of aliphatic imine (C=N–C) groups is 1. The van der Waals surface area contributed by atoms with Crippen LogP contribution in [0.4, 0.5) is 0 Å². The van der Waals surface area contributed by atoms with Crippen LogP contribution in [0.25, 0.3) is 10.8 Å². The molecule has 8 heteroatoms. The molecule has 1 aliphatic heterocycles. The van der Waals surface area contributed by atoms with E-state index in [9.17, 15) is 4.79 Å². The van der Waals surface area contributed by atoms with E-state index in [2.05, 4.69) is 98.2 Å². The monoisotopic (exact) mass is 710 g/mol. The summed E-state index contributed by atoms with van der Waals surface area (Å²) in [7, 11) is 6.00. The maximum Gasteiger partial charge on any atom is 0.278 e. The Balaban J connectivity index is -0.000000853. The number of amides is 1. The number of hydroxylamine groups is 1. The summed E-state index contributed by atoms with van der Waals surface area (Å²) in [5, 5.41) is 2.62. The Morgan fingerprint density at radius 3 is 1.67 bits per heavy atom. The molecule has 2 aromatic carbocycles. The van der Waals surface area contributed by atoms with Gasteiger partial charge in [-0.25, -0.2) is 10.5 Å². The molecule has 1 N–H and O–H groups in total. The number of piperazine rings is 1. The lowest BCUT2D eigenvalue weighted by molar-refractivity contribution is -0.135. The molecule has 2 aromatic rings. The van der Waals surface area contributed by atoms with Gasteiger partial charge in [-0.05, 0) is 63.4 Å². The Morgan fingerprint density at radius 2 is 1.29 bits per heavy atom. The number of rotatable bonds is 8. The van der Waals surface area contributed by atoms with Gasteiger partial charge in [0.2, 0.25) is 0 Å². The van der Waals surface area contributed by atoms with Gasteiger partial charge in [-0.3, -0.25) is 9.63 Å². The van der Waals surface area contributed by atoms with Gasteiger partial charge in [-0.15, -0.1) is 6.58 Å². The molecule has 2 aliphatic rings. The van der Waals surface area contributed by atoms with Gasteiger partial charge in [0.05, 0.1) is 11.7 Å². The lowest BCUT2D eigenvalue weighted by Gasteiger charge is -2.34. The van der Waals surface area contributed by atoms with Gasteiger partial charge in [0.15, 0.2) is 0 Å². The van der Waals surface area contributed by atoms with Gasteiger partial charge in [0.1, 0.15) is 12.6 Å². The van der Waals surface area contributed by atoms with E-state index < -0.39 is 0 Å². The number of carbonyl (C=O) groups is 2. The second-order valence-corrected chi connectivity index (χ2v) is 11.6. The fourth-order valence-corrected chi connectivity index (χ4v) is 4.74. The third-order valence-electron chi connectivity index (χ3n) is 7.69. The summed E-state index contributed by atoms with van der Waals surface area (Å²) in [6.45, 7) is 29.5. The molecule has 1 saturated heterocycles. The second-order valence-electron chi connectivity index (χ2n) is 11.6. The number of allylic oxidation sites excluding steroid dienone is 3. The maximum atomic E-state index is 12.9. The van der Waals surface area contributed by atoms with Crippen LogP contribution in [0.5, 0.6) is 0 Å². The fourth-order valence-electron chi connectivity index (χ4n) is 4.74. The molecule has 8 nitrogen and oxygen atoms in total. The molecule has 0 aromatic heterocycles. The minimum Gasteiger partial charge on any atom is -0.380 e. The lowest BCUT2D eigenvalue weighted by atomic mass is 9.98. The summed E-state index contributed by atoms with van der Waals surface area (Å²) in [5.74, 6) is 0.708.